The van der Waals surface area contributed by atoms with Crippen molar-refractivity contribution in [2.24, 2.45) is 5.92 Å². The number of hydrogen-bond acceptors (Lipinski definition) is 1. The summed E-state index contributed by atoms with van der Waals surface area (Å²) < 4.78 is 1.19. The fourth-order valence-electron chi connectivity index (χ4n) is 2.51. The van der Waals surface area contributed by atoms with Crippen LogP contribution in [0.2, 0.25) is 0 Å². The molecule has 1 nitrogen and oxygen atoms in total. The summed E-state index contributed by atoms with van der Waals surface area (Å²) in [6, 6.07) is 19.7. The van der Waals surface area contributed by atoms with Crippen LogP contribution in [0.4, 0.5) is 0 Å². The smallest absolute Gasteiger partial charge is 0.0351 e. The van der Waals surface area contributed by atoms with Crippen molar-refractivity contribution in [3.8, 4) is 0 Å². The minimum atomic E-state index is 0.494. The van der Waals surface area contributed by atoms with Crippen molar-refractivity contribution in [2.75, 3.05) is 0 Å². The van der Waals surface area contributed by atoms with Gasteiger partial charge in [0.2, 0.25) is 0 Å². The Labute approximate surface area is 123 Å². The van der Waals surface area contributed by atoms with Gasteiger partial charge in [-0.25, -0.2) is 0 Å². The van der Waals surface area contributed by atoms with Crippen LogP contribution in [-0.2, 0) is 6.54 Å². The quantitative estimate of drug-likeness (QED) is 0.844. The molecule has 98 valence electrons. The van der Waals surface area contributed by atoms with Crippen LogP contribution in [0.25, 0.3) is 0 Å². The zero-order valence-electron chi connectivity index (χ0n) is 10.9. The van der Waals surface area contributed by atoms with Crippen molar-refractivity contribution in [1.29, 1.82) is 0 Å². The van der Waals surface area contributed by atoms with E-state index in [0.717, 1.165) is 12.5 Å². The molecule has 0 spiro atoms. The van der Waals surface area contributed by atoms with Gasteiger partial charge in [-0.05, 0) is 36.0 Å². The highest BCUT2D eigenvalue weighted by atomic mass is 79.9. The van der Waals surface area contributed by atoms with Crippen LogP contribution in [0.5, 0.6) is 0 Å². The molecule has 0 heterocycles. The van der Waals surface area contributed by atoms with Crippen LogP contribution in [0.3, 0.4) is 0 Å². The normalized spacial score (nSPS) is 16.3. The lowest BCUT2D eigenvalue weighted by molar-refractivity contribution is 0.480. The molecule has 0 saturated heterocycles. The third kappa shape index (κ3) is 3.26. The Kier molecular flexibility index (Phi) is 4.00. The minimum absolute atomic E-state index is 0.494. The van der Waals surface area contributed by atoms with Gasteiger partial charge in [-0.15, -0.1) is 0 Å². The van der Waals surface area contributed by atoms with E-state index >= 15 is 0 Å². The summed E-state index contributed by atoms with van der Waals surface area (Å²) in [5.41, 5.74) is 2.74. The van der Waals surface area contributed by atoms with Gasteiger partial charge in [0.25, 0.3) is 0 Å². The average Bonchev–Trinajstić information content (AvgIpc) is 3.27. The molecule has 0 aliphatic heterocycles. The first-order chi connectivity index (χ1) is 9.34. The molecule has 3 rings (SSSR count). The Morgan fingerprint density at radius 3 is 2.37 bits per heavy atom. The predicted octanol–water partition coefficient (Wildman–Crippen LogP) is 4.69. The third-order valence-electron chi connectivity index (χ3n) is 3.72. The van der Waals surface area contributed by atoms with Crippen molar-refractivity contribution < 1.29 is 0 Å². The van der Waals surface area contributed by atoms with Crippen LogP contribution in [0.1, 0.15) is 30.0 Å². The van der Waals surface area contributed by atoms with Crippen LogP contribution in [-0.4, -0.2) is 0 Å². The van der Waals surface area contributed by atoms with Crippen molar-refractivity contribution in [3.63, 3.8) is 0 Å². The lowest BCUT2D eigenvalue weighted by Gasteiger charge is -2.19. The van der Waals surface area contributed by atoms with E-state index in [1.165, 1.54) is 28.4 Å². The Hall–Kier alpha value is -1.12. The molecule has 2 heteroatoms. The molecular weight excluding hydrogens is 298 g/mol. The molecule has 1 unspecified atom stereocenters. The van der Waals surface area contributed by atoms with E-state index in [1.807, 2.05) is 0 Å². The molecule has 19 heavy (non-hydrogen) atoms. The summed E-state index contributed by atoms with van der Waals surface area (Å²) in [7, 11) is 0. The molecule has 0 aromatic heterocycles. The molecular formula is C17H18BrN. The highest BCUT2D eigenvalue weighted by Gasteiger charge is 2.31. The Bertz CT molecular complexity index is 534. The number of rotatable bonds is 5. The van der Waals surface area contributed by atoms with Crippen LogP contribution in [0, 0.1) is 5.92 Å². The van der Waals surface area contributed by atoms with E-state index < -0.39 is 0 Å². The maximum absolute atomic E-state index is 3.73. The van der Waals surface area contributed by atoms with Crippen molar-refractivity contribution in [3.05, 3.63) is 70.2 Å². The summed E-state index contributed by atoms with van der Waals surface area (Å²) in [6.45, 7) is 0.914. The molecule has 0 bridgehead atoms. The first kappa shape index (κ1) is 12.9. The van der Waals surface area contributed by atoms with Gasteiger partial charge in [0.05, 0.1) is 0 Å². The Morgan fingerprint density at radius 2 is 1.68 bits per heavy atom. The number of hydrogen-bond donors (Lipinski definition) is 1. The molecule has 1 aliphatic carbocycles. The fraction of sp³-hybridized carbons (Fsp3) is 0.294. The lowest BCUT2D eigenvalue weighted by atomic mass is 10.0. The minimum Gasteiger partial charge on any atom is -0.306 e. The van der Waals surface area contributed by atoms with Gasteiger partial charge in [-0.2, -0.15) is 0 Å². The van der Waals surface area contributed by atoms with Crippen molar-refractivity contribution in [2.45, 2.75) is 25.4 Å². The summed E-state index contributed by atoms with van der Waals surface area (Å²) in [6.07, 6.45) is 2.70. The predicted molar refractivity (Wildman–Crippen MR) is 82.9 cm³/mol. The molecule has 2 aromatic rings. The Balaban J connectivity index is 1.71. The lowest BCUT2D eigenvalue weighted by Crippen LogP contribution is -2.22. The van der Waals surface area contributed by atoms with E-state index in [9.17, 15) is 0 Å². The molecule has 1 N–H and O–H groups in total. The largest absolute Gasteiger partial charge is 0.306 e. The van der Waals surface area contributed by atoms with E-state index in [1.54, 1.807) is 0 Å². The molecule has 1 aliphatic rings. The summed E-state index contributed by atoms with van der Waals surface area (Å²) >= 11 is 3.62. The van der Waals surface area contributed by atoms with Crippen LogP contribution < -0.4 is 5.32 Å². The SMILES string of the molecule is Brc1ccccc1CNC(c1ccccc1)C1CC1. The van der Waals surface area contributed by atoms with Gasteiger partial charge < -0.3 is 5.32 Å². The van der Waals surface area contributed by atoms with Crippen LogP contribution >= 0.6 is 15.9 Å². The van der Waals surface area contributed by atoms with Gasteiger partial charge in [-0.3, -0.25) is 0 Å². The first-order valence-corrected chi connectivity index (χ1v) is 7.65. The van der Waals surface area contributed by atoms with Gasteiger partial charge in [0, 0.05) is 17.1 Å². The molecule has 1 fully saturated rings. The fourth-order valence-corrected chi connectivity index (χ4v) is 2.93. The highest BCUT2D eigenvalue weighted by Crippen LogP contribution is 2.41. The maximum Gasteiger partial charge on any atom is 0.0351 e. The summed E-state index contributed by atoms with van der Waals surface area (Å²) in [4.78, 5) is 0. The number of halogens is 1. The van der Waals surface area contributed by atoms with Gasteiger partial charge in [0.1, 0.15) is 0 Å². The molecule has 1 saturated carbocycles. The standard InChI is InChI=1S/C17H18BrN/c18-16-9-5-4-8-15(16)12-19-17(14-10-11-14)13-6-2-1-3-7-13/h1-9,14,17,19H,10-12H2. The van der Waals surface area contributed by atoms with Crippen molar-refractivity contribution >= 4 is 15.9 Å². The van der Waals surface area contributed by atoms with Gasteiger partial charge >= 0.3 is 0 Å². The van der Waals surface area contributed by atoms with E-state index in [-0.39, 0.29) is 0 Å². The van der Waals surface area contributed by atoms with Gasteiger partial charge in [-0.1, -0.05) is 64.5 Å². The van der Waals surface area contributed by atoms with E-state index in [0.29, 0.717) is 6.04 Å². The number of benzene rings is 2. The molecule has 0 amide bonds. The second-order valence-corrected chi connectivity index (χ2v) is 6.05. The third-order valence-corrected chi connectivity index (χ3v) is 4.50. The summed E-state index contributed by atoms with van der Waals surface area (Å²) in [5.74, 6) is 0.810. The van der Waals surface area contributed by atoms with Crippen LogP contribution in [0.15, 0.2) is 59.1 Å². The first-order valence-electron chi connectivity index (χ1n) is 6.86. The van der Waals surface area contributed by atoms with E-state index in [4.69, 9.17) is 0 Å². The molecule has 0 radical (unpaired) electrons. The zero-order valence-corrected chi connectivity index (χ0v) is 12.4. The second kappa shape index (κ2) is 5.89. The molecule has 2 aromatic carbocycles. The monoisotopic (exact) mass is 315 g/mol. The average molecular weight is 316 g/mol. The Morgan fingerprint density at radius 1 is 1.00 bits per heavy atom. The molecule has 1 atom stereocenters. The van der Waals surface area contributed by atoms with Crippen molar-refractivity contribution in [1.82, 2.24) is 5.32 Å². The maximum atomic E-state index is 3.73. The van der Waals surface area contributed by atoms with Gasteiger partial charge in [0.15, 0.2) is 0 Å². The van der Waals surface area contributed by atoms with E-state index in [2.05, 4.69) is 75.8 Å². The topological polar surface area (TPSA) is 12.0 Å². The zero-order chi connectivity index (χ0) is 13.1. The number of nitrogens with one attached hydrogen (secondary N) is 1. The second-order valence-electron chi connectivity index (χ2n) is 5.20. The summed E-state index contributed by atoms with van der Waals surface area (Å²) in [5, 5.41) is 3.73. The highest BCUT2D eigenvalue weighted by molar-refractivity contribution is 9.10.